The highest BCUT2D eigenvalue weighted by Gasteiger charge is 2.11. The summed E-state index contributed by atoms with van der Waals surface area (Å²) in [6.45, 7) is 2.01. The van der Waals surface area contributed by atoms with Gasteiger partial charge in [-0.3, -0.25) is 4.57 Å². The van der Waals surface area contributed by atoms with Crippen LogP contribution in [-0.2, 0) is 0 Å². The van der Waals surface area contributed by atoms with E-state index in [0.29, 0.717) is 0 Å². The maximum absolute atomic E-state index is 5.72. The average Bonchev–Trinajstić information content (AvgIpc) is 2.88. The third kappa shape index (κ3) is 2.32. The minimum atomic E-state index is 0.737. The monoisotopic (exact) mass is 328 g/mol. The van der Waals surface area contributed by atoms with Gasteiger partial charge in [0.25, 0.3) is 0 Å². The van der Waals surface area contributed by atoms with Crippen molar-refractivity contribution in [3.8, 4) is 17.2 Å². The quantitative estimate of drug-likeness (QED) is 0.731. The minimum absolute atomic E-state index is 0.737. The maximum atomic E-state index is 5.72. The Hall–Kier alpha value is -2.14. The third-order valence-corrected chi connectivity index (χ3v) is 3.58. The number of anilines is 1. The Bertz CT molecular complexity index is 747. The van der Waals surface area contributed by atoms with Crippen molar-refractivity contribution >= 4 is 21.6 Å². The first-order valence-electron chi connectivity index (χ1n) is 6.17. The van der Waals surface area contributed by atoms with Crippen molar-refractivity contribution < 1.29 is 0 Å². The maximum Gasteiger partial charge on any atom is 0.152 e. The SMILES string of the molecule is Cc1cnc(-n2ccnc2-c2ccc(N)cc2)c(Br)c1. The van der Waals surface area contributed by atoms with Crippen LogP contribution in [-0.4, -0.2) is 14.5 Å². The molecule has 0 bridgehead atoms. The second kappa shape index (κ2) is 5.09. The van der Waals surface area contributed by atoms with Gasteiger partial charge in [0.2, 0.25) is 0 Å². The number of rotatable bonds is 2. The van der Waals surface area contributed by atoms with E-state index in [0.717, 1.165) is 32.9 Å². The number of nitrogens with two attached hydrogens (primary N) is 1. The van der Waals surface area contributed by atoms with Crippen LogP contribution < -0.4 is 5.73 Å². The summed E-state index contributed by atoms with van der Waals surface area (Å²) < 4.78 is 2.89. The number of benzene rings is 1. The summed E-state index contributed by atoms with van der Waals surface area (Å²) >= 11 is 3.56. The lowest BCUT2D eigenvalue weighted by Gasteiger charge is -2.09. The van der Waals surface area contributed by atoms with E-state index in [9.17, 15) is 0 Å². The van der Waals surface area contributed by atoms with E-state index in [1.165, 1.54) is 0 Å². The van der Waals surface area contributed by atoms with E-state index < -0.39 is 0 Å². The van der Waals surface area contributed by atoms with E-state index in [1.807, 2.05) is 54.2 Å². The van der Waals surface area contributed by atoms with Crippen LogP contribution in [0, 0.1) is 6.92 Å². The molecule has 0 radical (unpaired) electrons. The van der Waals surface area contributed by atoms with Gasteiger partial charge in [-0.05, 0) is 58.7 Å². The molecule has 0 amide bonds. The molecule has 0 unspecified atom stereocenters. The molecule has 0 fully saturated rings. The second-order valence-corrected chi connectivity index (χ2v) is 5.42. The van der Waals surface area contributed by atoms with Crippen molar-refractivity contribution in [2.24, 2.45) is 0 Å². The van der Waals surface area contributed by atoms with Crippen molar-refractivity contribution in [3.63, 3.8) is 0 Å². The molecule has 0 aliphatic carbocycles. The fourth-order valence-electron chi connectivity index (χ4n) is 2.02. The van der Waals surface area contributed by atoms with E-state index in [1.54, 1.807) is 6.20 Å². The summed E-state index contributed by atoms with van der Waals surface area (Å²) in [5, 5.41) is 0. The Balaban J connectivity index is 2.12. The van der Waals surface area contributed by atoms with Crippen LogP contribution in [0.15, 0.2) is 53.4 Å². The summed E-state index contributed by atoms with van der Waals surface area (Å²) in [4.78, 5) is 8.89. The number of nitrogen functional groups attached to an aromatic ring is 1. The number of halogens is 1. The largest absolute Gasteiger partial charge is 0.399 e. The number of hydrogen-bond donors (Lipinski definition) is 1. The first-order chi connectivity index (χ1) is 9.65. The number of aromatic nitrogens is 3. The molecular formula is C15H13BrN4. The Morgan fingerprint density at radius 3 is 2.60 bits per heavy atom. The van der Waals surface area contributed by atoms with Crippen LogP contribution in [0.3, 0.4) is 0 Å². The lowest BCUT2D eigenvalue weighted by molar-refractivity contribution is 0.987. The smallest absolute Gasteiger partial charge is 0.152 e. The molecule has 2 heterocycles. The standard InChI is InChI=1S/C15H13BrN4/c1-10-8-13(16)15(19-9-10)20-7-6-18-14(20)11-2-4-12(17)5-3-11/h2-9H,17H2,1H3. The van der Waals surface area contributed by atoms with Gasteiger partial charge < -0.3 is 5.73 Å². The molecule has 0 aliphatic rings. The van der Waals surface area contributed by atoms with E-state index in [2.05, 4.69) is 25.9 Å². The van der Waals surface area contributed by atoms with Crippen molar-refractivity contribution in [1.29, 1.82) is 0 Å². The zero-order chi connectivity index (χ0) is 14.1. The summed E-state index contributed by atoms with van der Waals surface area (Å²) in [6.07, 6.45) is 5.50. The number of imidazole rings is 1. The van der Waals surface area contributed by atoms with Gasteiger partial charge >= 0.3 is 0 Å². The summed E-state index contributed by atoms with van der Waals surface area (Å²) in [5.74, 6) is 1.65. The van der Waals surface area contributed by atoms with Crippen molar-refractivity contribution in [2.75, 3.05) is 5.73 Å². The molecule has 2 N–H and O–H groups in total. The Kier molecular flexibility index (Phi) is 3.28. The van der Waals surface area contributed by atoms with Gasteiger partial charge in [-0.1, -0.05) is 0 Å². The molecule has 20 heavy (non-hydrogen) atoms. The van der Waals surface area contributed by atoms with Crippen LogP contribution in [0.1, 0.15) is 5.56 Å². The van der Waals surface area contributed by atoms with Crippen LogP contribution in [0.25, 0.3) is 17.2 Å². The number of pyridine rings is 1. The molecular weight excluding hydrogens is 316 g/mol. The summed E-state index contributed by atoms with van der Waals surface area (Å²) in [7, 11) is 0. The lowest BCUT2D eigenvalue weighted by Crippen LogP contribution is -2.00. The van der Waals surface area contributed by atoms with Gasteiger partial charge in [0.1, 0.15) is 5.82 Å². The highest BCUT2D eigenvalue weighted by molar-refractivity contribution is 9.10. The van der Waals surface area contributed by atoms with Crippen molar-refractivity contribution in [1.82, 2.24) is 14.5 Å². The molecule has 0 aliphatic heterocycles. The predicted octanol–water partition coefficient (Wildman–Crippen LogP) is 3.59. The molecule has 100 valence electrons. The highest BCUT2D eigenvalue weighted by atomic mass is 79.9. The molecule has 0 atom stereocenters. The molecule has 0 saturated heterocycles. The number of aryl methyl sites for hydroxylation is 1. The van der Waals surface area contributed by atoms with Gasteiger partial charge in [0.05, 0.1) is 4.47 Å². The minimum Gasteiger partial charge on any atom is -0.399 e. The Morgan fingerprint density at radius 1 is 1.15 bits per heavy atom. The Labute approximate surface area is 125 Å². The molecule has 0 spiro atoms. The van der Waals surface area contributed by atoms with Gasteiger partial charge in [-0.25, -0.2) is 9.97 Å². The van der Waals surface area contributed by atoms with E-state index >= 15 is 0 Å². The third-order valence-electron chi connectivity index (χ3n) is 3.00. The molecule has 5 heteroatoms. The number of hydrogen-bond acceptors (Lipinski definition) is 3. The summed E-state index contributed by atoms with van der Waals surface area (Å²) in [6, 6.07) is 9.68. The zero-order valence-electron chi connectivity index (χ0n) is 10.9. The van der Waals surface area contributed by atoms with E-state index in [4.69, 9.17) is 5.73 Å². The second-order valence-electron chi connectivity index (χ2n) is 4.56. The average molecular weight is 329 g/mol. The molecule has 0 saturated carbocycles. The molecule has 3 rings (SSSR count). The first-order valence-corrected chi connectivity index (χ1v) is 6.96. The lowest BCUT2D eigenvalue weighted by atomic mass is 10.2. The fourth-order valence-corrected chi connectivity index (χ4v) is 2.68. The van der Waals surface area contributed by atoms with Gasteiger partial charge in [-0.2, -0.15) is 0 Å². The topological polar surface area (TPSA) is 56.7 Å². The van der Waals surface area contributed by atoms with Crippen LogP contribution in [0.2, 0.25) is 0 Å². The number of nitrogens with zero attached hydrogens (tertiary/aromatic N) is 3. The zero-order valence-corrected chi connectivity index (χ0v) is 12.5. The normalized spacial score (nSPS) is 10.7. The molecule has 3 aromatic rings. The van der Waals surface area contributed by atoms with Gasteiger partial charge in [-0.15, -0.1) is 0 Å². The molecule has 2 aromatic heterocycles. The predicted molar refractivity (Wildman–Crippen MR) is 83.6 cm³/mol. The van der Waals surface area contributed by atoms with Crippen molar-refractivity contribution in [3.05, 3.63) is 59.0 Å². The fraction of sp³-hybridized carbons (Fsp3) is 0.0667. The molecule has 1 aromatic carbocycles. The highest BCUT2D eigenvalue weighted by Crippen LogP contribution is 2.26. The van der Waals surface area contributed by atoms with E-state index in [-0.39, 0.29) is 0 Å². The summed E-state index contributed by atoms with van der Waals surface area (Å²) in [5.41, 5.74) is 8.57. The van der Waals surface area contributed by atoms with Crippen LogP contribution in [0.5, 0.6) is 0 Å². The van der Waals surface area contributed by atoms with Crippen LogP contribution in [0.4, 0.5) is 5.69 Å². The molecule has 4 nitrogen and oxygen atoms in total. The van der Waals surface area contributed by atoms with Crippen molar-refractivity contribution in [2.45, 2.75) is 6.92 Å². The Morgan fingerprint density at radius 2 is 1.90 bits per heavy atom. The first kappa shape index (κ1) is 12.9. The van der Waals surface area contributed by atoms with Gasteiger partial charge in [0, 0.05) is 29.8 Å². The van der Waals surface area contributed by atoms with Gasteiger partial charge in [0.15, 0.2) is 5.82 Å². The van der Waals surface area contributed by atoms with Crippen LogP contribution >= 0.6 is 15.9 Å².